The standard InChI is InChI=1S/C21H26N2O2/c24-21(10-9-17-5-1-3-7-19(17)21)16-22-15-18-6-2-4-8-20(18)23-11-13-25-14-12-23/h1-8,22,24H,9-16H2. The number of aliphatic hydroxyl groups is 1. The number of aryl methyl sites for hydroxylation is 1. The van der Waals surface area contributed by atoms with Crippen LogP contribution in [-0.2, 0) is 23.3 Å². The summed E-state index contributed by atoms with van der Waals surface area (Å²) in [6, 6.07) is 16.8. The van der Waals surface area contributed by atoms with Crippen molar-refractivity contribution in [1.29, 1.82) is 0 Å². The molecule has 4 heteroatoms. The third-order valence-corrected chi connectivity index (χ3v) is 5.40. The first kappa shape index (κ1) is 16.6. The second kappa shape index (κ2) is 7.16. The van der Waals surface area contributed by atoms with Crippen LogP contribution in [0.3, 0.4) is 0 Å². The van der Waals surface area contributed by atoms with Gasteiger partial charge in [0.25, 0.3) is 0 Å². The molecule has 2 aliphatic rings. The smallest absolute Gasteiger partial charge is 0.103 e. The van der Waals surface area contributed by atoms with Crippen LogP contribution in [0.2, 0.25) is 0 Å². The third kappa shape index (κ3) is 3.43. The first-order valence-corrected chi connectivity index (χ1v) is 9.18. The summed E-state index contributed by atoms with van der Waals surface area (Å²) >= 11 is 0. The van der Waals surface area contributed by atoms with Crippen LogP contribution in [-0.4, -0.2) is 38.0 Å². The fourth-order valence-corrected chi connectivity index (χ4v) is 4.03. The van der Waals surface area contributed by atoms with E-state index in [1.165, 1.54) is 16.8 Å². The average Bonchev–Trinajstić information content (AvgIpc) is 3.00. The Labute approximate surface area is 149 Å². The lowest BCUT2D eigenvalue weighted by Gasteiger charge is -2.31. The number of benzene rings is 2. The molecule has 1 unspecified atom stereocenters. The van der Waals surface area contributed by atoms with E-state index in [1.807, 2.05) is 6.07 Å². The van der Waals surface area contributed by atoms with Gasteiger partial charge in [0.1, 0.15) is 5.60 Å². The Kier molecular flexibility index (Phi) is 4.75. The predicted molar refractivity (Wildman–Crippen MR) is 99.8 cm³/mol. The Bertz CT molecular complexity index is 727. The maximum atomic E-state index is 11.1. The van der Waals surface area contributed by atoms with E-state index >= 15 is 0 Å². The number of anilines is 1. The van der Waals surface area contributed by atoms with Crippen LogP contribution >= 0.6 is 0 Å². The lowest BCUT2D eigenvalue weighted by Crippen LogP contribution is -2.38. The summed E-state index contributed by atoms with van der Waals surface area (Å²) in [6.45, 7) is 4.80. The Hall–Kier alpha value is -1.88. The molecule has 4 rings (SSSR count). The quantitative estimate of drug-likeness (QED) is 0.879. The van der Waals surface area contributed by atoms with E-state index in [2.05, 4.69) is 52.7 Å². The summed E-state index contributed by atoms with van der Waals surface area (Å²) in [6.07, 6.45) is 1.75. The molecule has 0 bridgehead atoms. The van der Waals surface area contributed by atoms with Crippen molar-refractivity contribution in [3.63, 3.8) is 0 Å². The maximum absolute atomic E-state index is 11.1. The molecule has 4 nitrogen and oxygen atoms in total. The molecule has 2 aromatic carbocycles. The zero-order chi connectivity index (χ0) is 17.1. The fourth-order valence-electron chi connectivity index (χ4n) is 4.03. The lowest BCUT2D eigenvalue weighted by molar-refractivity contribution is 0.0384. The van der Waals surface area contributed by atoms with Gasteiger partial charge in [0.2, 0.25) is 0 Å². The van der Waals surface area contributed by atoms with Crippen molar-refractivity contribution in [3.05, 3.63) is 65.2 Å². The first-order chi connectivity index (χ1) is 12.3. The highest BCUT2D eigenvalue weighted by molar-refractivity contribution is 5.54. The number of nitrogens with zero attached hydrogens (tertiary/aromatic N) is 1. The zero-order valence-electron chi connectivity index (χ0n) is 14.6. The van der Waals surface area contributed by atoms with Crippen molar-refractivity contribution < 1.29 is 9.84 Å². The van der Waals surface area contributed by atoms with E-state index in [1.54, 1.807) is 0 Å². The van der Waals surface area contributed by atoms with E-state index in [0.29, 0.717) is 6.54 Å². The van der Waals surface area contributed by atoms with Gasteiger partial charge in [-0.05, 0) is 35.6 Å². The molecule has 2 N–H and O–H groups in total. The molecule has 1 heterocycles. The molecule has 0 aromatic heterocycles. The molecule has 1 saturated heterocycles. The second-order valence-corrected chi connectivity index (χ2v) is 7.02. The minimum Gasteiger partial charge on any atom is -0.384 e. The highest BCUT2D eigenvalue weighted by Gasteiger charge is 2.35. The number of ether oxygens (including phenoxy) is 1. The minimum atomic E-state index is -0.746. The molecule has 0 saturated carbocycles. The van der Waals surface area contributed by atoms with Crippen LogP contribution in [0.1, 0.15) is 23.1 Å². The Balaban J connectivity index is 1.43. The molecule has 0 amide bonds. The Morgan fingerprint density at radius 1 is 1.04 bits per heavy atom. The normalized spacial score (nSPS) is 22.8. The molecule has 132 valence electrons. The van der Waals surface area contributed by atoms with Crippen molar-refractivity contribution in [2.45, 2.75) is 25.0 Å². The first-order valence-electron chi connectivity index (χ1n) is 9.18. The van der Waals surface area contributed by atoms with Gasteiger partial charge in [0.05, 0.1) is 13.2 Å². The van der Waals surface area contributed by atoms with Crippen LogP contribution < -0.4 is 10.2 Å². The summed E-state index contributed by atoms with van der Waals surface area (Å²) in [4.78, 5) is 2.39. The predicted octanol–water partition coefficient (Wildman–Crippen LogP) is 2.45. The van der Waals surface area contributed by atoms with E-state index in [-0.39, 0.29) is 0 Å². The molecule has 1 aliphatic carbocycles. The number of nitrogens with one attached hydrogen (secondary N) is 1. The van der Waals surface area contributed by atoms with E-state index < -0.39 is 5.60 Å². The van der Waals surface area contributed by atoms with Crippen LogP contribution in [0, 0.1) is 0 Å². The van der Waals surface area contributed by atoms with E-state index in [0.717, 1.165) is 51.3 Å². The van der Waals surface area contributed by atoms with Gasteiger partial charge in [-0.3, -0.25) is 0 Å². The molecule has 25 heavy (non-hydrogen) atoms. The van der Waals surface area contributed by atoms with Gasteiger partial charge in [0, 0.05) is 31.9 Å². The van der Waals surface area contributed by atoms with Crippen LogP contribution in [0.5, 0.6) is 0 Å². The molecular weight excluding hydrogens is 312 g/mol. The number of fused-ring (bicyclic) bond motifs is 1. The largest absolute Gasteiger partial charge is 0.384 e. The number of para-hydroxylation sites is 1. The van der Waals surface area contributed by atoms with Crippen molar-refractivity contribution >= 4 is 5.69 Å². The second-order valence-electron chi connectivity index (χ2n) is 7.02. The number of hydrogen-bond acceptors (Lipinski definition) is 4. The average molecular weight is 338 g/mol. The van der Waals surface area contributed by atoms with Gasteiger partial charge < -0.3 is 20.1 Å². The molecule has 2 aromatic rings. The highest BCUT2D eigenvalue weighted by atomic mass is 16.5. The van der Waals surface area contributed by atoms with E-state index in [9.17, 15) is 5.11 Å². The summed E-state index contributed by atoms with van der Waals surface area (Å²) in [5.74, 6) is 0. The van der Waals surface area contributed by atoms with Gasteiger partial charge in [-0.25, -0.2) is 0 Å². The van der Waals surface area contributed by atoms with Crippen LogP contribution in [0.25, 0.3) is 0 Å². The van der Waals surface area contributed by atoms with Crippen molar-refractivity contribution in [2.75, 3.05) is 37.7 Å². The van der Waals surface area contributed by atoms with Gasteiger partial charge in [-0.15, -0.1) is 0 Å². The fraction of sp³-hybridized carbons (Fsp3) is 0.429. The summed E-state index contributed by atoms with van der Waals surface area (Å²) in [5.41, 5.74) is 4.17. The number of hydrogen-bond donors (Lipinski definition) is 2. The zero-order valence-corrected chi connectivity index (χ0v) is 14.6. The van der Waals surface area contributed by atoms with Gasteiger partial charge in [0.15, 0.2) is 0 Å². The summed E-state index contributed by atoms with van der Waals surface area (Å²) < 4.78 is 5.47. The van der Waals surface area contributed by atoms with Crippen LogP contribution in [0.4, 0.5) is 5.69 Å². The Morgan fingerprint density at radius 3 is 2.68 bits per heavy atom. The van der Waals surface area contributed by atoms with Crippen molar-refractivity contribution in [2.24, 2.45) is 0 Å². The molecule has 1 atom stereocenters. The minimum absolute atomic E-state index is 0.585. The monoisotopic (exact) mass is 338 g/mol. The van der Waals surface area contributed by atoms with Gasteiger partial charge >= 0.3 is 0 Å². The molecular formula is C21H26N2O2. The lowest BCUT2D eigenvalue weighted by atomic mass is 9.96. The van der Waals surface area contributed by atoms with Crippen LogP contribution in [0.15, 0.2) is 48.5 Å². The number of morpholine rings is 1. The summed E-state index contributed by atoms with van der Waals surface area (Å²) in [7, 11) is 0. The van der Waals surface area contributed by atoms with Crippen molar-refractivity contribution in [1.82, 2.24) is 5.32 Å². The Morgan fingerprint density at radius 2 is 1.80 bits per heavy atom. The summed E-state index contributed by atoms with van der Waals surface area (Å²) in [5, 5.41) is 14.5. The topological polar surface area (TPSA) is 44.7 Å². The van der Waals surface area contributed by atoms with Gasteiger partial charge in [-0.1, -0.05) is 42.5 Å². The van der Waals surface area contributed by atoms with E-state index in [4.69, 9.17) is 4.74 Å². The molecule has 0 radical (unpaired) electrons. The molecule has 1 fully saturated rings. The SMILES string of the molecule is OC1(CNCc2ccccc2N2CCOCC2)CCc2ccccc21. The molecule has 0 spiro atoms. The van der Waals surface area contributed by atoms with Gasteiger partial charge in [-0.2, -0.15) is 0 Å². The van der Waals surface area contributed by atoms with Crippen molar-refractivity contribution in [3.8, 4) is 0 Å². The maximum Gasteiger partial charge on any atom is 0.103 e. The molecule has 1 aliphatic heterocycles. The highest BCUT2D eigenvalue weighted by Crippen LogP contribution is 2.36. The number of rotatable bonds is 5. The third-order valence-electron chi connectivity index (χ3n) is 5.40.